The predicted octanol–water partition coefficient (Wildman–Crippen LogP) is 1.64. The highest BCUT2D eigenvalue weighted by molar-refractivity contribution is 5.35. The molecular weight excluding hydrogens is 280 g/mol. The van der Waals surface area contributed by atoms with Crippen molar-refractivity contribution in [3.05, 3.63) is 34.9 Å². The average Bonchev–Trinajstić information content (AvgIpc) is 3.04. The topological polar surface area (TPSA) is 88.6 Å². The molecule has 3 rings (SSSR count). The molecule has 7 nitrogen and oxygen atoms in total. The van der Waals surface area contributed by atoms with Crippen molar-refractivity contribution in [1.82, 2.24) is 19.7 Å². The summed E-state index contributed by atoms with van der Waals surface area (Å²) in [6.07, 6.45) is 2.76. The lowest BCUT2D eigenvalue weighted by Crippen LogP contribution is -2.25. The van der Waals surface area contributed by atoms with Gasteiger partial charge in [0.1, 0.15) is 17.9 Å². The molecule has 0 radical (unpaired) electrons. The van der Waals surface area contributed by atoms with Gasteiger partial charge in [0.25, 0.3) is 0 Å². The molecule has 1 aliphatic rings. The highest BCUT2D eigenvalue weighted by Gasteiger charge is 2.32. The fourth-order valence-corrected chi connectivity index (χ4v) is 2.80. The lowest BCUT2D eigenvalue weighted by atomic mass is 10.0. The summed E-state index contributed by atoms with van der Waals surface area (Å²) in [5.41, 5.74) is 3.17. The average molecular weight is 298 g/mol. The Morgan fingerprint density at radius 3 is 2.91 bits per heavy atom. The molecule has 0 bridgehead atoms. The number of nitrogens with one attached hydrogen (secondary N) is 1. The summed E-state index contributed by atoms with van der Waals surface area (Å²) in [6, 6.07) is 3.78. The molecule has 3 heterocycles. The molecule has 0 saturated carbocycles. The van der Waals surface area contributed by atoms with Gasteiger partial charge in [0.15, 0.2) is 0 Å². The normalized spacial score (nSPS) is 20.8. The molecule has 0 unspecified atom stereocenters. The Hall–Kier alpha value is -2.46. The lowest BCUT2D eigenvalue weighted by molar-refractivity contribution is 0.107. The molecule has 7 heteroatoms. The number of nitrogens with zero attached hydrogens (tertiary/aromatic N) is 5. The summed E-state index contributed by atoms with van der Waals surface area (Å²) in [6.45, 7) is 4.50. The molecule has 1 aliphatic heterocycles. The van der Waals surface area contributed by atoms with Crippen LogP contribution in [0.25, 0.3) is 0 Å². The minimum Gasteiger partial charge on any atom is -0.371 e. The van der Waals surface area contributed by atoms with Crippen molar-refractivity contribution in [2.45, 2.75) is 32.4 Å². The van der Waals surface area contributed by atoms with Gasteiger partial charge in [-0.25, -0.2) is 9.97 Å². The van der Waals surface area contributed by atoms with Gasteiger partial charge in [-0.2, -0.15) is 10.4 Å². The number of nitriles is 1. The van der Waals surface area contributed by atoms with Gasteiger partial charge in [-0.15, -0.1) is 0 Å². The maximum Gasteiger partial charge on any atom is 0.224 e. The van der Waals surface area contributed by atoms with E-state index < -0.39 is 0 Å². The zero-order chi connectivity index (χ0) is 15.7. The number of anilines is 1. The van der Waals surface area contributed by atoms with Crippen LogP contribution in [0.5, 0.6) is 0 Å². The first-order chi connectivity index (χ1) is 10.6. The van der Waals surface area contributed by atoms with Crippen LogP contribution < -0.4 is 5.32 Å². The van der Waals surface area contributed by atoms with E-state index in [1.165, 1.54) is 0 Å². The summed E-state index contributed by atoms with van der Waals surface area (Å²) in [5.74, 6) is 0.471. The molecule has 0 aromatic carbocycles. The van der Waals surface area contributed by atoms with E-state index in [9.17, 15) is 0 Å². The zero-order valence-corrected chi connectivity index (χ0v) is 12.9. The minimum atomic E-state index is -0.0802. The van der Waals surface area contributed by atoms with E-state index in [1.807, 2.05) is 27.1 Å². The summed E-state index contributed by atoms with van der Waals surface area (Å²) < 4.78 is 7.66. The summed E-state index contributed by atoms with van der Waals surface area (Å²) in [5, 5.41) is 16.7. The van der Waals surface area contributed by atoms with Crippen molar-refractivity contribution in [2.24, 2.45) is 7.05 Å². The molecule has 1 fully saturated rings. The molecule has 114 valence electrons. The summed E-state index contributed by atoms with van der Waals surface area (Å²) in [4.78, 5) is 8.56. The number of aryl methyl sites for hydroxylation is 3. The van der Waals surface area contributed by atoms with Gasteiger partial charge in [-0.1, -0.05) is 0 Å². The largest absolute Gasteiger partial charge is 0.371 e. The van der Waals surface area contributed by atoms with E-state index in [-0.39, 0.29) is 12.1 Å². The monoisotopic (exact) mass is 298 g/mol. The van der Waals surface area contributed by atoms with Crippen LogP contribution in [-0.4, -0.2) is 32.4 Å². The fourth-order valence-electron chi connectivity index (χ4n) is 2.80. The Morgan fingerprint density at radius 1 is 1.41 bits per heavy atom. The van der Waals surface area contributed by atoms with Crippen molar-refractivity contribution in [2.75, 3.05) is 11.9 Å². The molecule has 0 spiro atoms. The second kappa shape index (κ2) is 5.73. The van der Waals surface area contributed by atoms with Crippen LogP contribution in [-0.2, 0) is 11.8 Å². The molecule has 0 aliphatic carbocycles. The van der Waals surface area contributed by atoms with E-state index in [0.717, 1.165) is 23.4 Å². The molecule has 1 N–H and O–H groups in total. The Balaban J connectivity index is 1.84. The van der Waals surface area contributed by atoms with Crippen LogP contribution in [0, 0.1) is 25.2 Å². The van der Waals surface area contributed by atoms with Crippen LogP contribution in [0.1, 0.15) is 35.2 Å². The number of hydrogen-bond acceptors (Lipinski definition) is 6. The van der Waals surface area contributed by atoms with Crippen molar-refractivity contribution < 1.29 is 4.74 Å². The van der Waals surface area contributed by atoms with Gasteiger partial charge < -0.3 is 10.1 Å². The first kappa shape index (κ1) is 14.5. The molecule has 22 heavy (non-hydrogen) atoms. The zero-order valence-electron chi connectivity index (χ0n) is 12.9. The van der Waals surface area contributed by atoms with Crippen LogP contribution in [0.3, 0.4) is 0 Å². The van der Waals surface area contributed by atoms with E-state index >= 15 is 0 Å². The Labute approximate surface area is 129 Å². The number of rotatable bonds is 3. The summed E-state index contributed by atoms with van der Waals surface area (Å²) in [7, 11) is 1.90. The second-order valence-corrected chi connectivity index (χ2v) is 5.50. The second-order valence-electron chi connectivity index (χ2n) is 5.50. The first-order valence-electron chi connectivity index (χ1n) is 7.21. The third kappa shape index (κ3) is 2.78. The third-order valence-corrected chi connectivity index (χ3v) is 3.73. The van der Waals surface area contributed by atoms with Gasteiger partial charge in [0.05, 0.1) is 11.7 Å². The van der Waals surface area contributed by atoms with Crippen LogP contribution in [0.15, 0.2) is 12.3 Å². The van der Waals surface area contributed by atoms with Crippen molar-refractivity contribution >= 4 is 5.95 Å². The molecule has 1 saturated heterocycles. The Kier molecular flexibility index (Phi) is 3.77. The highest BCUT2D eigenvalue weighted by atomic mass is 16.5. The SMILES string of the molecule is Cc1cc(C#N)nc(N[C@H]2CCO[C@@H]2c2cn(C)nc2C)n1. The molecular formula is C15H18N6O. The molecule has 0 amide bonds. The minimum absolute atomic E-state index is 0.0660. The number of aromatic nitrogens is 4. The predicted molar refractivity (Wildman–Crippen MR) is 80.1 cm³/mol. The van der Waals surface area contributed by atoms with Gasteiger partial charge in [-0.05, 0) is 26.3 Å². The van der Waals surface area contributed by atoms with E-state index in [0.29, 0.717) is 18.2 Å². The molecule has 2 aromatic heterocycles. The molecule has 2 atom stereocenters. The molecule has 2 aromatic rings. The smallest absolute Gasteiger partial charge is 0.224 e. The number of ether oxygens (including phenoxy) is 1. The highest BCUT2D eigenvalue weighted by Crippen LogP contribution is 2.32. The van der Waals surface area contributed by atoms with E-state index in [4.69, 9.17) is 10.00 Å². The lowest BCUT2D eigenvalue weighted by Gasteiger charge is -2.19. The van der Waals surface area contributed by atoms with Crippen LogP contribution in [0.4, 0.5) is 5.95 Å². The maximum absolute atomic E-state index is 9.01. The summed E-state index contributed by atoms with van der Waals surface area (Å²) >= 11 is 0. The fraction of sp³-hybridized carbons (Fsp3) is 0.467. The van der Waals surface area contributed by atoms with Crippen LogP contribution >= 0.6 is 0 Å². The van der Waals surface area contributed by atoms with Gasteiger partial charge in [-0.3, -0.25) is 4.68 Å². The van der Waals surface area contributed by atoms with Gasteiger partial charge in [0.2, 0.25) is 5.95 Å². The Morgan fingerprint density at radius 2 is 2.23 bits per heavy atom. The van der Waals surface area contributed by atoms with E-state index in [1.54, 1.807) is 10.7 Å². The first-order valence-corrected chi connectivity index (χ1v) is 7.21. The quantitative estimate of drug-likeness (QED) is 0.926. The standard InChI is InChI=1S/C15H18N6O/c1-9-6-11(7-16)18-15(17-9)19-13-4-5-22-14(13)12-8-21(3)20-10(12)2/h6,8,13-14H,4-5H2,1-3H3,(H,17,18,19)/t13-,14+/m0/s1. The van der Waals surface area contributed by atoms with Gasteiger partial charge >= 0.3 is 0 Å². The van der Waals surface area contributed by atoms with Crippen molar-refractivity contribution in [3.8, 4) is 6.07 Å². The maximum atomic E-state index is 9.01. The third-order valence-electron chi connectivity index (χ3n) is 3.73. The van der Waals surface area contributed by atoms with Crippen molar-refractivity contribution in [3.63, 3.8) is 0 Å². The Bertz CT molecular complexity index is 732. The van der Waals surface area contributed by atoms with Gasteiger partial charge in [0, 0.05) is 31.1 Å². The van der Waals surface area contributed by atoms with Crippen molar-refractivity contribution in [1.29, 1.82) is 5.26 Å². The van der Waals surface area contributed by atoms with Crippen LogP contribution in [0.2, 0.25) is 0 Å². The number of hydrogen-bond donors (Lipinski definition) is 1. The van der Waals surface area contributed by atoms with E-state index in [2.05, 4.69) is 26.5 Å².